The number of rotatable bonds is 4. The van der Waals surface area contributed by atoms with Gasteiger partial charge >= 0.3 is 0 Å². The highest BCUT2D eigenvalue weighted by Crippen LogP contribution is 2.24. The smallest absolute Gasteiger partial charge is 0.253 e. The van der Waals surface area contributed by atoms with Gasteiger partial charge in [-0.25, -0.2) is 0 Å². The van der Waals surface area contributed by atoms with Gasteiger partial charge in [-0.05, 0) is 30.9 Å². The van der Waals surface area contributed by atoms with Gasteiger partial charge in [0.15, 0.2) is 0 Å². The first kappa shape index (κ1) is 16.1. The van der Waals surface area contributed by atoms with Crippen LogP contribution >= 0.6 is 0 Å². The molecule has 0 unspecified atom stereocenters. The zero-order valence-corrected chi connectivity index (χ0v) is 13.2. The summed E-state index contributed by atoms with van der Waals surface area (Å²) in [5.41, 5.74) is 6.60. The van der Waals surface area contributed by atoms with Crippen LogP contribution in [0.4, 0.5) is 0 Å². The van der Waals surface area contributed by atoms with E-state index in [0.29, 0.717) is 18.4 Å². The van der Waals surface area contributed by atoms with E-state index in [4.69, 9.17) is 5.73 Å². The van der Waals surface area contributed by atoms with Crippen LogP contribution in [0.25, 0.3) is 10.9 Å². The number of para-hydroxylation sites is 1. The first-order valence-electron chi connectivity index (χ1n) is 8.01. The number of fused-ring (bicyclic) bond motifs is 1. The SMILES string of the molecule is NC(=O)[C@@H](NC(=O)c1cnc2ccccc2c1)[C@@H]1CCCC(=O)C1. The van der Waals surface area contributed by atoms with Crippen LogP contribution in [0.15, 0.2) is 36.5 Å². The maximum absolute atomic E-state index is 12.5. The Balaban J connectivity index is 1.79. The molecule has 0 aliphatic heterocycles. The van der Waals surface area contributed by atoms with Gasteiger partial charge in [0.05, 0.1) is 11.1 Å². The molecule has 2 amide bonds. The third kappa shape index (κ3) is 3.42. The number of nitrogens with zero attached hydrogens (tertiary/aromatic N) is 1. The molecule has 0 saturated heterocycles. The molecule has 24 heavy (non-hydrogen) atoms. The summed E-state index contributed by atoms with van der Waals surface area (Å²) in [5.74, 6) is -1.15. The Morgan fingerprint density at radius 3 is 2.83 bits per heavy atom. The van der Waals surface area contributed by atoms with Crippen LogP contribution in [0.2, 0.25) is 0 Å². The predicted octanol–water partition coefficient (Wildman–Crippen LogP) is 1.58. The van der Waals surface area contributed by atoms with Crippen LogP contribution in [0.1, 0.15) is 36.0 Å². The van der Waals surface area contributed by atoms with E-state index in [9.17, 15) is 14.4 Å². The highest BCUT2D eigenvalue weighted by atomic mass is 16.2. The molecule has 3 rings (SSSR count). The topological polar surface area (TPSA) is 102 Å². The summed E-state index contributed by atoms with van der Waals surface area (Å²) in [5, 5.41) is 3.52. The van der Waals surface area contributed by atoms with Crippen molar-refractivity contribution < 1.29 is 14.4 Å². The monoisotopic (exact) mass is 325 g/mol. The Labute approximate surface area is 139 Å². The summed E-state index contributed by atoms with van der Waals surface area (Å²) in [6.45, 7) is 0. The zero-order valence-electron chi connectivity index (χ0n) is 13.2. The molecular formula is C18H19N3O3. The van der Waals surface area contributed by atoms with Gasteiger partial charge in [0, 0.05) is 24.4 Å². The van der Waals surface area contributed by atoms with Gasteiger partial charge in [0.1, 0.15) is 11.8 Å². The predicted molar refractivity (Wildman–Crippen MR) is 89.2 cm³/mol. The number of carbonyl (C=O) groups excluding carboxylic acids is 3. The van der Waals surface area contributed by atoms with Crippen molar-refractivity contribution in [1.29, 1.82) is 0 Å². The van der Waals surface area contributed by atoms with Crippen LogP contribution in [-0.2, 0) is 9.59 Å². The van der Waals surface area contributed by atoms with Crippen molar-refractivity contribution in [2.45, 2.75) is 31.7 Å². The van der Waals surface area contributed by atoms with E-state index >= 15 is 0 Å². The van der Waals surface area contributed by atoms with Crippen LogP contribution in [-0.4, -0.2) is 28.6 Å². The molecule has 6 nitrogen and oxygen atoms in total. The van der Waals surface area contributed by atoms with Crippen molar-refractivity contribution in [3.05, 3.63) is 42.1 Å². The zero-order chi connectivity index (χ0) is 17.1. The average molecular weight is 325 g/mol. The summed E-state index contributed by atoms with van der Waals surface area (Å²) in [6.07, 6.45) is 3.71. The number of aromatic nitrogens is 1. The number of Topliss-reactive ketones (excluding diaryl/α,β-unsaturated/α-hetero) is 1. The molecule has 1 heterocycles. The van der Waals surface area contributed by atoms with E-state index in [-0.39, 0.29) is 18.1 Å². The quantitative estimate of drug-likeness (QED) is 0.891. The van der Waals surface area contributed by atoms with Crippen LogP contribution in [0.5, 0.6) is 0 Å². The molecule has 1 aromatic carbocycles. The van der Waals surface area contributed by atoms with Crippen LogP contribution in [0, 0.1) is 5.92 Å². The van der Waals surface area contributed by atoms with E-state index in [1.807, 2.05) is 24.3 Å². The van der Waals surface area contributed by atoms with Crippen molar-refractivity contribution >= 4 is 28.5 Å². The fourth-order valence-electron chi connectivity index (χ4n) is 3.18. The summed E-state index contributed by atoms with van der Waals surface area (Å²) < 4.78 is 0. The molecule has 1 aromatic heterocycles. The average Bonchev–Trinajstić information content (AvgIpc) is 2.58. The lowest BCUT2D eigenvalue weighted by molar-refractivity contribution is -0.124. The lowest BCUT2D eigenvalue weighted by Crippen LogP contribution is -2.50. The van der Waals surface area contributed by atoms with E-state index in [1.54, 1.807) is 6.07 Å². The molecule has 2 atom stereocenters. The van der Waals surface area contributed by atoms with Crippen molar-refractivity contribution in [1.82, 2.24) is 10.3 Å². The molecule has 124 valence electrons. The molecule has 0 bridgehead atoms. The molecule has 1 saturated carbocycles. The first-order valence-corrected chi connectivity index (χ1v) is 8.01. The van der Waals surface area contributed by atoms with Crippen molar-refractivity contribution in [3.8, 4) is 0 Å². The van der Waals surface area contributed by atoms with Gasteiger partial charge < -0.3 is 11.1 Å². The maximum atomic E-state index is 12.5. The molecule has 0 spiro atoms. The van der Waals surface area contributed by atoms with Gasteiger partial charge in [-0.2, -0.15) is 0 Å². The lowest BCUT2D eigenvalue weighted by Gasteiger charge is -2.28. The van der Waals surface area contributed by atoms with Gasteiger partial charge in [0.2, 0.25) is 5.91 Å². The number of benzene rings is 1. The van der Waals surface area contributed by atoms with Gasteiger partial charge in [-0.3, -0.25) is 19.4 Å². The second-order valence-electron chi connectivity index (χ2n) is 6.17. The van der Waals surface area contributed by atoms with Crippen LogP contribution < -0.4 is 11.1 Å². The van der Waals surface area contributed by atoms with Crippen molar-refractivity contribution in [2.24, 2.45) is 11.7 Å². The summed E-state index contributed by atoms with van der Waals surface area (Å²) in [6, 6.07) is 8.35. The molecule has 0 radical (unpaired) electrons. The highest BCUT2D eigenvalue weighted by molar-refractivity contribution is 5.99. The Morgan fingerprint density at radius 2 is 2.08 bits per heavy atom. The highest BCUT2D eigenvalue weighted by Gasteiger charge is 2.32. The summed E-state index contributed by atoms with van der Waals surface area (Å²) in [4.78, 5) is 40.1. The molecule has 2 aromatic rings. The molecule has 1 fully saturated rings. The second kappa shape index (κ2) is 6.78. The number of hydrogen-bond acceptors (Lipinski definition) is 4. The Kier molecular flexibility index (Phi) is 4.55. The van der Waals surface area contributed by atoms with Crippen molar-refractivity contribution in [3.63, 3.8) is 0 Å². The first-order chi connectivity index (χ1) is 11.5. The lowest BCUT2D eigenvalue weighted by atomic mass is 9.82. The number of pyridine rings is 1. The third-order valence-corrected chi connectivity index (χ3v) is 4.44. The standard InChI is InChI=1S/C18H19N3O3/c19-17(23)16(12-5-3-6-14(22)9-12)21-18(24)13-8-11-4-1-2-7-15(11)20-10-13/h1-2,4,7-8,10,12,16H,3,5-6,9H2,(H2,19,23)(H,21,24)/t12-,16+/m1/s1. The molecule has 1 aliphatic rings. The normalized spacial score (nSPS) is 19.0. The van der Waals surface area contributed by atoms with Gasteiger partial charge in [-0.15, -0.1) is 0 Å². The number of ketones is 1. The number of nitrogens with one attached hydrogen (secondary N) is 1. The number of hydrogen-bond donors (Lipinski definition) is 2. The van der Waals surface area contributed by atoms with E-state index in [0.717, 1.165) is 17.3 Å². The largest absolute Gasteiger partial charge is 0.368 e. The minimum Gasteiger partial charge on any atom is -0.368 e. The molecule has 3 N–H and O–H groups in total. The van der Waals surface area contributed by atoms with Crippen molar-refractivity contribution in [2.75, 3.05) is 0 Å². The van der Waals surface area contributed by atoms with E-state index in [2.05, 4.69) is 10.3 Å². The Morgan fingerprint density at radius 1 is 1.29 bits per heavy atom. The minimum absolute atomic E-state index is 0.110. The third-order valence-electron chi connectivity index (χ3n) is 4.44. The maximum Gasteiger partial charge on any atom is 0.253 e. The van der Waals surface area contributed by atoms with Gasteiger partial charge in [0.25, 0.3) is 5.91 Å². The number of amides is 2. The van der Waals surface area contributed by atoms with Crippen LogP contribution in [0.3, 0.4) is 0 Å². The van der Waals surface area contributed by atoms with Gasteiger partial charge in [-0.1, -0.05) is 18.2 Å². The second-order valence-corrected chi connectivity index (χ2v) is 6.17. The summed E-state index contributed by atoms with van der Waals surface area (Å²) >= 11 is 0. The Bertz CT molecular complexity index is 803. The molecule has 6 heteroatoms. The molecule has 1 aliphatic carbocycles. The fourth-order valence-corrected chi connectivity index (χ4v) is 3.18. The number of nitrogens with two attached hydrogens (primary N) is 1. The summed E-state index contributed by atoms with van der Waals surface area (Å²) in [7, 11) is 0. The fraction of sp³-hybridized carbons (Fsp3) is 0.333. The van der Waals surface area contributed by atoms with E-state index < -0.39 is 17.9 Å². The Hall–Kier alpha value is -2.76. The van der Waals surface area contributed by atoms with E-state index in [1.165, 1.54) is 6.20 Å². The number of primary amides is 1. The minimum atomic E-state index is -0.840. The molecular weight excluding hydrogens is 306 g/mol. The number of carbonyl (C=O) groups is 3.